The van der Waals surface area contributed by atoms with E-state index < -0.39 is 0 Å². The molecule has 0 saturated heterocycles. The van der Waals surface area contributed by atoms with Crippen LogP contribution >= 0.6 is 0 Å². The van der Waals surface area contributed by atoms with E-state index in [9.17, 15) is 0 Å². The first-order chi connectivity index (χ1) is 21.4. The van der Waals surface area contributed by atoms with E-state index in [4.69, 9.17) is 4.98 Å². The summed E-state index contributed by atoms with van der Waals surface area (Å²) < 4.78 is 2.43. The van der Waals surface area contributed by atoms with Gasteiger partial charge in [0.15, 0.2) is 5.95 Å². The molecule has 7 aromatic rings. The lowest BCUT2D eigenvalue weighted by Crippen LogP contribution is -2.62. The number of nitrogens with zero attached hydrogens (tertiary/aromatic N) is 4. The average molecular weight is 550 g/mol. The van der Waals surface area contributed by atoms with Crippen molar-refractivity contribution in [1.29, 1.82) is 0 Å². The van der Waals surface area contributed by atoms with Crippen molar-refractivity contribution in [3.8, 4) is 0 Å². The largest absolute Gasteiger partial charge is 0.423 e. The molecule has 0 fully saturated rings. The minimum Gasteiger partial charge on any atom is -0.362 e. The summed E-state index contributed by atoms with van der Waals surface area (Å²) >= 11 is 0. The van der Waals surface area contributed by atoms with Crippen molar-refractivity contribution in [2.24, 2.45) is 0 Å². The zero-order valence-corrected chi connectivity index (χ0v) is 23.6. The Kier molecular flexibility index (Phi) is 6.30. The van der Waals surface area contributed by atoms with Crippen LogP contribution in [-0.4, -0.2) is 23.3 Å². The monoisotopic (exact) mass is 550 g/mol. The average Bonchev–Trinajstić information content (AvgIpc) is 3.45. The predicted molar refractivity (Wildman–Crippen MR) is 182 cm³/mol. The van der Waals surface area contributed by atoms with Crippen molar-refractivity contribution in [3.05, 3.63) is 170 Å². The first-order valence-corrected chi connectivity index (χ1v) is 14.7. The Morgan fingerprint density at radius 2 is 0.953 bits per heavy atom. The summed E-state index contributed by atoms with van der Waals surface area (Å²) in [4.78, 5) is 10.3. The zero-order valence-electron chi connectivity index (χ0n) is 23.6. The van der Waals surface area contributed by atoms with Crippen molar-refractivity contribution < 1.29 is 0 Å². The van der Waals surface area contributed by atoms with Crippen molar-refractivity contribution in [2.75, 3.05) is 9.62 Å². The van der Waals surface area contributed by atoms with Gasteiger partial charge in [0, 0.05) is 17.1 Å². The van der Waals surface area contributed by atoms with Gasteiger partial charge < -0.3 is 14.1 Å². The number of aromatic nitrogens is 2. The van der Waals surface area contributed by atoms with Crippen LogP contribution in [0, 0.1) is 0 Å². The summed E-state index contributed by atoms with van der Waals surface area (Å²) in [6.07, 6.45) is 0. The Morgan fingerprint density at radius 1 is 0.442 bits per heavy atom. The van der Waals surface area contributed by atoms with Crippen molar-refractivity contribution in [2.45, 2.75) is 0 Å². The van der Waals surface area contributed by atoms with E-state index in [-0.39, 0.29) is 13.8 Å². The topological polar surface area (TPSA) is 24.3 Å². The van der Waals surface area contributed by atoms with Crippen LogP contribution in [0.2, 0.25) is 0 Å². The Bertz CT molecular complexity index is 2000. The number of benzene rings is 6. The molecule has 0 saturated carbocycles. The first-order valence-electron chi connectivity index (χ1n) is 14.7. The maximum absolute atomic E-state index is 5.43. The third-order valence-electron chi connectivity index (χ3n) is 8.31. The van der Waals surface area contributed by atoms with E-state index >= 15 is 0 Å². The second-order valence-electron chi connectivity index (χ2n) is 10.8. The van der Waals surface area contributed by atoms with Crippen LogP contribution in [0.5, 0.6) is 0 Å². The molecule has 202 valence electrons. The van der Waals surface area contributed by atoms with Gasteiger partial charge in [0.2, 0.25) is 0 Å². The summed E-state index contributed by atoms with van der Waals surface area (Å²) in [5.41, 5.74) is 8.99. The maximum atomic E-state index is 5.43. The minimum absolute atomic E-state index is 0.140. The van der Waals surface area contributed by atoms with Crippen LogP contribution in [0.25, 0.3) is 11.0 Å². The van der Waals surface area contributed by atoms with Crippen LogP contribution in [0.4, 0.5) is 23.0 Å². The number of para-hydroxylation sites is 5. The van der Waals surface area contributed by atoms with E-state index in [0.29, 0.717) is 0 Å². The molecule has 0 atom stereocenters. The summed E-state index contributed by atoms with van der Waals surface area (Å²) in [6.45, 7) is -0.353. The molecule has 0 N–H and O–H groups in total. The molecule has 0 aliphatic carbocycles. The van der Waals surface area contributed by atoms with E-state index in [1.165, 1.54) is 16.4 Å². The molecule has 4 nitrogen and oxygen atoms in total. The number of imidazole rings is 1. The highest BCUT2D eigenvalue weighted by atomic mass is 15.3. The molecule has 0 unspecified atom stereocenters. The lowest BCUT2D eigenvalue weighted by Gasteiger charge is -2.42. The standard InChI is InChI=1S/C37H28B2N4/c1-5-17-29(18-6-1)38-33-25-13-15-27-35(33)41(31-21-9-3-10-22-31)39(30-19-7-2-8-20-30)43-36-28-16-14-26-34(36)40-37(43)42(38)32-23-11-4-12-24-32/h1-28H. The first kappa shape index (κ1) is 25.2. The fourth-order valence-electron chi connectivity index (χ4n) is 6.49. The molecule has 1 aliphatic rings. The van der Waals surface area contributed by atoms with Gasteiger partial charge in [-0.25, -0.2) is 4.98 Å². The summed E-state index contributed by atoms with van der Waals surface area (Å²) in [5.74, 6) is 0.894. The molecule has 0 bridgehead atoms. The second kappa shape index (κ2) is 10.7. The molecule has 6 heteroatoms. The normalized spacial score (nSPS) is 12.9. The number of rotatable bonds is 4. The van der Waals surface area contributed by atoms with Gasteiger partial charge in [-0.15, -0.1) is 0 Å². The smallest absolute Gasteiger partial charge is 0.362 e. The van der Waals surface area contributed by atoms with Gasteiger partial charge >= 0.3 is 13.8 Å². The minimum atomic E-state index is -0.213. The molecule has 8 rings (SSSR count). The van der Waals surface area contributed by atoms with Gasteiger partial charge in [-0.05, 0) is 53.4 Å². The van der Waals surface area contributed by atoms with Crippen LogP contribution in [-0.2, 0) is 0 Å². The lowest BCUT2D eigenvalue weighted by atomic mass is 9.47. The van der Waals surface area contributed by atoms with Gasteiger partial charge in [0.1, 0.15) is 0 Å². The molecule has 1 aliphatic heterocycles. The van der Waals surface area contributed by atoms with Crippen molar-refractivity contribution in [3.63, 3.8) is 0 Å². The van der Waals surface area contributed by atoms with Crippen LogP contribution < -0.4 is 26.0 Å². The maximum Gasteiger partial charge on any atom is 0.423 e. The fourth-order valence-corrected chi connectivity index (χ4v) is 6.49. The zero-order chi connectivity index (χ0) is 28.6. The third-order valence-corrected chi connectivity index (χ3v) is 8.31. The highest BCUT2D eigenvalue weighted by molar-refractivity contribution is 6.91. The van der Waals surface area contributed by atoms with E-state index in [1.807, 2.05) is 0 Å². The van der Waals surface area contributed by atoms with Crippen LogP contribution in [0.1, 0.15) is 0 Å². The molecule has 0 amide bonds. The molecule has 2 heterocycles. The summed E-state index contributed by atoms with van der Waals surface area (Å²) in [7, 11) is 0. The summed E-state index contributed by atoms with van der Waals surface area (Å²) in [6, 6.07) is 60.4. The number of fused-ring (bicyclic) bond motifs is 4. The molecular formula is C37H28B2N4. The predicted octanol–water partition coefficient (Wildman–Crippen LogP) is 6.38. The number of hydrogen-bond donors (Lipinski definition) is 0. The molecular weight excluding hydrogens is 522 g/mol. The third kappa shape index (κ3) is 4.31. The molecule has 43 heavy (non-hydrogen) atoms. The Balaban J connectivity index is 1.56. The van der Waals surface area contributed by atoms with E-state index in [0.717, 1.165) is 34.0 Å². The van der Waals surface area contributed by atoms with Crippen LogP contribution in [0.3, 0.4) is 0 Å². The van der Waals surface area contributed by atoms with E-state index in [2.05, 4.69) is 184 Å². The Morgan fingerprint density at radius 3 is 1.63 bits per heavy atom. The van der Waals surface area contributed by atoms with Gasteiger partial charge in [-0.3, -0.25) is 0 Å². The second-order valence-corrected chi connectivity index (χ2v) is 10.8. The quantitative estimate of drug-likeness (QED) is 0.238. The van der Waals surface area contributed by atoms with Gasteiger partial charge in [-0.2, -0.15) is 0 Å². The van der Waals surface area contributed by atoms with Crippen molar-refractivity contribution >= 4 is 64.3 Å². The molecule has 6 aromatic carbocycles. The van der Waals surface area contributed by atoms with E-state index in [1.54, 1.807) is 0 Å². The highest BCUT2D eigenvalue weighted by Gasteiger charge is 2.43. The van der Waals surface area contributed by atoms with Crippen LogP contribution in [0.15, 0.2) is 170 Å². The van der Waals surface area contributed by atoms with Gasteiger partial charge in [-0.1, -0.05) is 133 Å². The Labute approximate surface area is 252 Å². The number of hydrogen-bond acceptors (Lipinski definition) is 3. The van der Waals surface area contributed by atoms with Gasteiger partial charge in [0.05, 0.1) is 11.0 Å². The van der Waals surface area contributed by atoms with Gasteiger partial charge in [0.25, 0.3) is 0 Å². The molecule has 1 aromatic heterocycles. The number of anilines is 4. The van der Waals surface area contributed by atoms with Crippen molar-refractivity contribution in [1.82, 2.24) is 9.46 Å². The highest BCUT2D eigenvalue weighted by Crippen LogP contribution is 2.36. The SMILES string of the molecule is c1ccc(B2c3ccccc3N(c3ccccc3)B(c3ccccc3)n3c(nc4ccccc43)N2c2ccccc2)cc1. The molecule has 0 radical (unpaired) electrons. The fraction of sp³-hybridized carbons (Fsp3) is 0. The summed E-state index contributed by atoms with van der Waals surface area (Å²) in [5, 5.41) is 0. The Hall–Kier alpha value is -5.48. The molecule has 0 spiro atoms. The lowest BCUT2D eigenvalue weighted by molar-refractivity contribution is 1.11.